The zero-order chi connectivity index (χ0) is 60.3. The van der Waals surface area contributed by atoms with Crippen LogP contribution in [0.15, 0.2) is 0 Å². The molecule has 6 aliphatic rings. The van der Waals surface area contributed by atoms with E-state index in [1.165, 1.54) is 6.92 Å². The number of ether oxygens (including phenoxy) is 11. The molecular formula is C45H75N3O33. The lowest BCUT2D eigenvalue weighted by molar-refractivity contribution is -0.398. The monoisotopic (exact) mass is 1190 g/mol. The maximum Gasteiger partial charge on any atom is 0.364 e. The Kier molecular flexibility index (Phi) is 23.4. The van der Waals surface area contributed by atoms with Crippen molar-refractivity contribution >= 4 is 23.7 Å². The average molecular weight is 1190 g/mol. The summed E-state index contributed by atoms with van der Waals surface area (Å²) in [5, 5.41) is 203. The van der Waals surface area contributed by atoms with Gasteiger partial charge in [-0.25, -0.2) is 4.79 Å². The molecule has 468 valence electrons. The number of aliphatic hydroxyl groups is 17. The van der Waals surface area contributed by atoms with Crippen LogP contribution in [0.5, 0.6) is 0 Å². The summed E-state index contributed by atoms with van der Waals surface area (Å²) in [4.78, 5) is 50.6. The number of aliphatic carboxylic acids is 1. The van der Waals surface area contributed by atoms with Gasteiger partial charge in [0.25, 0.3) is 5.79 Å². The number of hydrogen-bond acceptors (Lipinski definition) is 32. The Morgan fingerprint density at radius 3 is 1.49 bits per heavy atom. The van der Waals surface area contributed by atoms with Crippen LogP contribution in [0, 0.1) is 0 Å². The molecule has 0 saturated carbocycles. The fraction of sp³-hybridized carbons (Fsp3) is 0.911. The van der Waals surface area contributed by atoms with Crippen molar-refractivity contribution in [3.8, 4) is 0 Å². The van der Waals surface area contributed by atoms with E-state index < -0.39 is 253 Å². The van der Waals surface area contributed by atoms with Gasteiger partial charge in [-0.1, -0.05) is 0 Å². The Balaban J connectivity index is 1.40. The predicted octanol–water partition coefficient (Wildman–Crippen LogP) is -13.4. The lowest BCUT2D eigenvalue weighted by Crippen LogP contribution is -2.72. The number of amides is 3. The van der Waals surface area contributed by atoms with Crippen molar-refractivity contribution < 1.29 is 163 Å². The molecule has 81 heavy (non-hydrogen) atoms. The molecule has 6 saturated heterocycles. The number of carbonyl (C=O) groups excluding carboxylic acids is 3. The fourth-order valence-corrected chi connectivity index (χ4v) is 10.4. The van der Waals surface area contributed by atoms with E-state index in [1.807, 2.05) is 0 Å². The number of rotatable bonds is 21. The first kappa shape index (κ1) is 66.9. The molecule has 0 aromatic heterocycles. The van der Waals surface area contributed by atoms with Gasteiger partial charge in [-0.2, -0.15) is 0 Å². The highest BCUT2D eigenvalue weighted by Gasteiger charge is 2.62. The summed E-state index contributed by atoms with van der Waals surface area (Å²) in [5.74, 6) is -7.99. The quantitative estimate of drug-likeness (QED) is 0.0507. The summed E-state index contributed by atoms with van der Waals surface area (Å²) in [6.45, 7) is -1.35. The maximum atomic E-state index is 13.2. The molecule has 0 spiro atoms. The maximum absolute atomic E-state index is 13.2. The number of aliphatic hydroxyl groups excluding tert-OH is 17. The molecule has 3 amide bonds. The van der Waals surface area contributed by atoms with Gasteiger partial charge < -0.3 is 160 Å². The van der Waals surface area contributed by atoms with Gasteiger partial charge in [-0.05, 0) is 6.92 Å². The molecule has 0 bridgehead atoms. The van der Waals surface area contributed by atoms with Crippen LogP contribution in [-0.2, 0) is 71.3 Å². The van der Waals surface area contributed by atoms with Gasteiger partial charge in [0.2, 0.25) is 17.7 Å². The van der Waals surface area contributed by atoms with Crippen molar-refractivity contribution in [1.29, 1.82) is 0 Å². The average Bonchev–Trinajstić information content (AvgIpc) is 3.48. The standard InChI is InChI=1S/C45H75N3O33/c1-11-24(59)29(64)30(65)41(71-11)77-34-20(10-53)75-40(79-37-26(61)17(7-50)73-42(31(37)66)76-33-19(9-52)72-39(68)22(28(33)63)47-13(3)55)23(48-14(4)56)36(34)78-43-32(67)38(27(62)18(8-51)74-43)81-45(44(69)70)5-15(57)21(46-12(2)54)35(80-45)25(60)16(58)6-49/h11,15-43,49-53,57-68H,5-10H2,1-4H3,(H,46,54)(H,47,55)(H,48,56)(H,69,70)/t11-,15-,16+,17+,18+,19+,20+,21+,22+,23+,24+,25+,26-,27-,28+,29+,30-,31+,32+,33+,34+,35+,36+,37-,38-,39?,40-,41-,42-,43-,45-/m0/s1. The van der Waals surface area contributed by atoms with Crippen LogP contribution in [0.25, 0.3) is 0 Å². The van der Waals surface area contributed by atoms with Crippen LogP contribution in [0.1, 0.15) is 34.1 Å². The molecule has 36 nitrogen and oxygen atoms in total. The van der Waals surface area contributed by atoms with E-state index in [2.05, 4.69) is 16.0 Å². The third kappa shape index (κ3) is 14.5. The van der Waals surface area contributed by atoms with Gasteiger partial charge in [-0.15, -0.1) is 0 Å². The highest BCUT2D eigenvalue weighted by atomic mass is 16.8. The third-order valence-corrected chi connectivity index (χ3v) is 14.6. The van der Waals surface area contributed by atoms with Crippen molar-refractivity contribution in [1.82, 2.24) is 16.0 Å². The van der Waals surface area contributed by atoms with Crippen LogP contribution in [0.3, 0.4) is 0 Å². The van der Waals surface area contributed by atoms with E-state index in [9.17, 15) is 111 Å². The molecule has 31 atom stereocenters. The lowest BCUT2D eigenvalue weighted by atomic mass is 9.88. The van der Waals surface area contributed by atoms with Crippen molar-refractivity contribution in [2.75, 3.05) is 33.0 Å². The molecule has 21 N–H and O–H groups in total. The number of carboxylic acid groups (broad SMARTS) is 1. The summed E-state index contributed by atoms with van der Waals surface area (Å²) in [5.41, 5.74) is 0. The van der Waals surface area contributed by atoms with Gasteiger partial charge in [0.15, 0.2) is 31.5 Å². The molecule has 6 heterocycles. The minimum Gasteiger partial charge on any atom is -0.477 e. The number of carbonyl (C=O) groups is 4. The molecule has 0 radical (unpaired) electrons. The minimum absolute atomic E-state index is 0.754. The molecule has 1 unspecified atom stereocenters. The first-order chi connectivity index (χ1) is 38.1. The SMILES string of the molecule is CC(=O)N[C@H]1[C@H](O[C@H]2[C@@H](O)[C@@H](CO)O[C@@H](O[C@H]3[C@H](O)[C@@H](NC(C)=O)C(O)O[C@@H]3CO)[C@@H]2O)O[C@H](CO)[C@@H](O[C@@H]2O[C@@H](C)[C@@H](O)[C@@H](O)[C@@H]2O)[C@@H]1O[C@@H]1O[C@H](CO)[C@H](O)[C@H](O[C@]2(C(=O)O)C[C@H](O)[C@@H](NC(C)=O)[C@H]([C@H](O)[C@H](O)CO)O2)[C@H]1O. The van der Waals surface area contributed by atoms with Gasteiger partial charge in [0.05, 0.1) is 51.3 Å². The van der Waals surface area contributed by atoms with Gasteiger partial charge >= 0.3 is 5.97 Å². The van der Waals surface area contributed by atoms with Crippen LogP contribution < -0.4 is 16.0 Å². The summed E-state index contributed by atoms with van der Waals surface area (Å²) < 4.78 is 64.3. The van der Waals surface area contributed by atoms with E-state index in [0.29, 0.717) is 0 Å². The molecular weight excluding hydrogens is 1110 g/mol. The molecule has 6 aliphatic heterocycles. The number of carboxylic acids is 1. The van der Waals surface area contributed by atoms with Crippen LogP contribution >= 0.6 is 0 Å². The van der Waals surface area contributed by atoms with Crippen molar-refractivity contribution in [3.63, 3.8) is 0 Å². The highest BCUT2D eigenvalue weighted by Crippen LogP contribution is 2.40. The minimum atomic E-state index is -3.28. The summed E-state index contributed by atoms with van der Waals surface area (Å²) in [6, 6.07) is -5.32. The molecule has 0 aromatic rings. The van der Waals surface area contributed by atoms with E-state index in [4.69, 9.17) is 52.1 Å². The summed E-state index contributed by atoms with van der Waals surface area (Å²) in [6.07, 6.45) is -56.3. The highest BCUT2D eigenvalue weighted by molar-refractivity contribution is 5.77. The topological polar surface area (TPSA) is 570 Å². The van der Waals surface area contributed by atoms with Crippen molar-refractivity contribution in [2.45, 2.75) is 224 Å². The molecule has 6 rings (SSSR count). The van der Waals surface area contributed by atoms with Crippen molar-refractivity contribution in [2.24, 2.45) is 0 Å². The molecule has 0 aromatic carbocycles. The second kappa shape index (κ2) is 28.3. The Bertz CT molecular complexity index is 2080. The molecule has 6 fully saturated rings. The zero-order valence-corrected chi connectivity index (χ0v) is 43.7. The lowest BCUT2D eigenvalue weighted by Gasteiger charge is -2.52. The Morgan fingerprint density at radius 1 is 0.506 bits per heavy atom. The Morgan fingerprint density at radius 2 is 0.963 bits per heavy atom. The molecule has 0 aliphatic carbocycles. The van der Waals surface area contributed by atoms with Gasteiger partial charge in [0, 0.05) is 27.2 Å². The number of nitrogens with one attached hydrogen (secondary N) is 3. The van der Waals surface area contributed by atoms with Crippen LogP contribution in [0.4, 0.5) is 0 Å². The van der Waals surface area contributed by atoms with Gasteiger partial charge in [-0.3, -0.25) is 14.4 Å². The summed E-state index contributed by atoms with van der Waals surface area (Å²) >= 11 is 0. The largest absolute Gasteiger partial charge is 0.477 e. The molecule has 36 heteroatoms. The van der Waals surface area contributed by atoms with E-state index >= 15 is 0 Å². The predicted molar refractivity (Wildman–Crippen MR) is 250 cm³/mol. The van der Waals surface area contributed by atoms with Crippen LogP contribution in [-0.4, -0.2) is 338 Å². The Labute approximate surface area is 459 Å². The second-order valence-corrected chi connectivity index (χ2v) is 20.4. The van der Waals surface area contributed by atoms with E-state index in [0.717, 1.165) is 20.8 Å². The van der Waals surface area contributed by atoms with E-state index in [-0.39, 0.29) is 0 Å². The first-order valence-corrected chi connectivity index (χ1v) is 25.6. The smallest absolute Gasteiger partial charge is 0.364 e. The summed E-state index contributed by atoms with van der Waals surface area (Å²) in [7, 11) is 0. The van der Waals surface area contributed by atoms with Crippen molar-refractivity contribution in [3.05, 3.63) is 0 Å². The Hall–Kier alpha value is -3.24. The number of hydrogen-bond donors (Lipinski definition) is 21. The second-order valence-electron chi connectivity index (χ2n) is 20.4. The van der Waals surface area contributed by atoms with Gasteiger partial charge in [0.1, 0.15) is 134 Å². The first-order valence-electron chi connectivity index (χ1n) is 25.6. The zero-order valence-electron chi connectivity index (χ0n) is 43.7. The fourth-order valence-electron chi connectivity index (χ4n) is 10.4. The van der Waals surface area contributed by atoms with E-state index in [1.54, 1.807) is 0 Å². The third-order valence-electron chi connectivity index (χ3n) is 14.6. The normalized spacial score (nSPS) is 46.7. The van der Waals surface area contributed by atoms with Crippen LogP contribution in [0.2, 0.25) is 0 Å².